The van der Waals surface area contributed by atoms with Crippen LogP contribution in [0.4, 0.5) is 4.39 Å². The Kier molecular flexibility index (Phi) is 3.60. The van der Waals surface area contributed by atoms with Crippen LogP contribution in [0, 0.1) is 5.82 Å². The molecule has 3 nitrogen and oxygen atoms in total. The molecule has 0 spiro atoms. The molecule has 2 N–H and O–H groups in total. The van der Waals surface area contributed by atoms with Crippen molar-refractivity contribution in [3.05, 3.63) is 34.1 Å². The van der Waals surface area contributed by atoms with Gasteiger partial charge < -0.3 is 10.5 Å². The van der Waals surface area contributed by atoms with Crippen LogP contribution >= 0.6 is 15.9 Å². The van der Waals surface area contributed by atoms with Crippen LogP contribution in [-0.4, -0.2) is 13.1 Å². The number of esters is 1. The lowest BCUT2D eigenvalue weighted by molar-refractivity contribution is -0.142. The number of nitrogens with two attached hydrogens (primary N) is 1. The number of carbonyl (C=O) groups is 1. The fraction of sp³-hybridized carbons (Fsp3) is 0.222. The minimum atomic E-state index is -0.878. The molecule has 76 valence electrons. The fourth-order valence-electron chi connectivity index (χ4n) is 0.969. The van der Waals surface area contributed by atoms with Crippen molar-refractivity contribution in [1.29, 1.82) is 0 Å². The third-order valence-corrected chi connectivity index (χ3v) is 2.37. The van der Waals surface area contributed by atoms with E-state index in [1.54, 1.807) is 0 Å². The summed E-state index contributed by atoms with van der Waals surface area (Å²) in [7, 11) is 1.25. The molecule has 0 bridgehead atoms. The van der Waals surface area contributed by atoms with Crippen molar-refractivity contribution in [3.63, 3.8) is 0 Å². The molecule has 14 heavy (non-hydrogen) atoms. The van der Waals surface area contributed by atoms with Gasteiger partial charge in [-0.2, -0.15) is 0 Å². The molecule has 5 heteroatoms. The second kappa shape index (κ2) is 4.52. The van der Waals surface area contributed by atoms with Gasteiger partial charge in [-0.05, 0) is 33.6 Å². The zero-order valence-corrected chi connectivity index (χ0v) is 9.05. The van der Waals surface area contributed by atoms with Crippen molar-refractivity contribution in [3.8, 4) is 0 Å². The third kappa shape index (κ3) is 2.30. The summed E-state index contributed by atoms with van der Waals surface area (Å²) in [6.07, 6.45) is 0. The highest BCUT2D eigenvalue weighted by Gasteiger charge is 2.16. The molecule has 0 aliphatic carbocycles. The molecule has 0 aliphatic rings. The molecule has 0 saturated heterocycles. The third-order valence-electron chi connectivity index (χ3n) is 1.76. The highest BCUT2D eigenvalue weighted by Crippen LogP contribution is 2.20. The fourth-order valence-corrected chi connectivity index (χ4v) is 1.37. The van der Waals surface area contributed by atoms with E-state index in [0.717, 1.165) is 0 Å². The number of benzene rings is 1. The lowest BCUT2D eigenvalue weighted by Crippen LogP contribution is -2.22. The topological polar surface area (TPSA) is 52.3 Å². The molecule has 0 amide bonds. The van der Waals surface area contributed by atoms with Crippen LogP contribution < -0.4 is 5.73 Å². The first-order chi connectivity index (χ1) is 6.56. The highest BCUT2D eigenvalue weighted by atomic mass is 79.9. The minimum absolute atomic E-state index is 0.273. The molecule has 0 saturated carbocycles. The van der Waals surface area contributed by atoms with E-state index in [-0.39, 0.29) is 4.47 Å². The number of rotatable bonds is 2. The smallest absolute Gasteiger partial charge is 0.327 e. The van der Waals surface area contributed by atoms with E-state index in [0.29, 0.717) is 5.56 Å². The van der Waals surface area contributed by atoms with Gasteiger partial charge in [0.2, 0.25) is 0 Å². The second-order valence-electron chi connectivity index (χ2n) is 2.67. The normalized spacial score (nSPS) is 12.3. The number of halogens is 2. The van der Waals surface area contributed by atoms with Gasteiger partial charge in [-0.3, -0.25) is 4.79 Å². The monoisotopic (exact) mass is 261 g/mol. The Morgan fingerprint density at radius 1 is 1.64 bits per heavy atom. The summed E-state index contributed by atoms with van der Waals surface area (Å²) in [5.74, 6) is -0.950. The second-order valence-corrected chi connectivity index (χ2v) is 3.53. The van der Waals surface area contributed by atoms with Gasteiger partial charge in [0.1, 0.15) is 11.9 Å². The van der Waals surface area contributed by atoms with E-state index in [2.05, 4.69) is 20.7 Å². The Morgan fingerprint density at radius 2 is 2.29 bits per heavy atom. The van der Waals surface area contributed by atoms with Gasteiger partial charge in [0.25, 0.3) is 0 Å². The van der Waals surface area contributed by atoms with Crippen LogP contribution in [0.5, 0.6) is 0 Å². The van der Waals surface area contributed by atoms with Crippen LogP contribution in [0.15, 0.2) is 22.7 Å². The molecule has 0 fully saturated rings. The summed E-state index contributed by atoms with van der Waals surface area (Å²) in [6, 6.07) is 3.26. The lowest BCUT2D eigenvalue weighted by Gasteiger charge is -2.09. The van der Waals surface area contributed by atoms with Crippen molar-refractivity contribution in [1.82, 2.24) is 0 Å². The Morgan fingerprint density at radius 3 is 2.79 bits per heavy atom. The van der Waals surface area contributed by atoms with Crippen molar-refractivity contribution < 1.29 is 13.9 Å². The van der Waals surface area contributed by atoms with Gasteiger partial charge in [-0.25, -0.2) is 4.39 Å². The van der Waals surface area contributed by atoms with Gasteiger partial charge in [0.05, 0.1) is 11.6 Å². The molecule has 1 aromatic rings. The standard InChI is InChI=1S/C9H9BrFNO2/c1-14-9(13)8(12)5-2-3-7(11)6(10)4-5/h2-4,8H,12H2,1H3. The van der Waals surface area contributed by atoms with E-state index >= 15 is 0 Å². The predicted molar refractivity (Wildman–Crippen MR) is 53.0 cm³/mol. The molecular weight excluding hydrogens is 253 g/mol. The zero-order valence-electron chi connectivity index (χ0n) is 7.46. The molecule has 1 unspecified atom stereocenters. The van der Waals surface area contributed by atoms with Gasteiger partial charge >= 0.3 is 5.97 Å². The van der Waals surface area contributed by atoms with E-state index in [1.165, 1.54) is 25.3 Å². The number of methoxy groups -OCH3 is 1. The molecule has 1 atom stereocenters. The lowest BCUT2D eigenvalue weighted by atomic mass is 10.1. The van der Waals surface area contributed by atoms with Crippen molar-refractivity contribution in [2.75, 3.05) is 7.11 Å². The van der Waals surface area contributed by atoms with E-state index < -0.39 is 17.8 Å². The average molecular weight is 262 g/mol. The molecule has 0 radical (unpaired) electrons. The zero-order chi connectivity index (χ0) is 10.7. The van der Waals surface area contributed by atoms with Gasteiger partial charge in [-0.15, -0.1) is 0 Å². The summed E-state index contributed by atoms with van der Waals surface area (Å²) < 4.78 is 17.6. The van der Waals surface area contributed by atoms with E-state index in [9.17, 15) is 9.18 Å². The first-order valence-corrected chi connectivity index (χ1v) is 4.64. The number of carbonyl (C=O) groups excluding carboxylic acids is 1. The van der Waals surface area contributed by atoms with Crippen molar-refractivity contribution in [2.45, 2.75) is 6.04 Å². The maximum absolute atomic E-state index is 12.8. The first kappa shape index (κ1) is 11.1. The largest absolute Gasteiger partial charge is 0.468 e. The Balaban J connectivity index is 2.96. The molecule has 1 aromatic carbocycles. The van der Waals surface area contributed by atoms with Gasteiger partial charge in [0, 0.05) is 0 Å². The highest BCUT2D eigenvalue weighted by molar-refractivity contribution is 9.10. The summed E-state index contributed by atoms with van der Waals surface area (Å²) in [5.41, 5.74) is 6.05. The van der Waals surface area contributed by atoms with Crippen LogP contribution in [0.25, 0.3) is 0 Å². The molecule has 0 aromatic heterocycles. The Bertz CT molecular complexity index is 357. The summed E-state index contributed by atoms with van der Waals surface area (Å²) in [4.78, 5) is 11.1. The quantitative estimate of drug-likeness (QED) is 0.826. The first-order valence-electron chi connectivity index (χ1n) is 3.84. The maximum Gasteiger partial charge on any atom is 0.327 e. The van der Waals surface area contributed by atoms with Crippen LogP contribution in [0.1, 0.15) is 11.6 Å². The van der Waals surface area contributed by atoms with Gasteiger partial charge in [-0.1, -0.05) is 6.07 Å². The molecular formula is C9H9BrFNO2. The van der Waals surface area contributed by atoms with Gasteiger partial charge in [0.15, 0.2) is 0 Å². The molecule has 0 heterocycles. The van der Waals surface area contributed by atoms with E-state index in [4.69, 9.17) is 5.73 Å². The SMILES string of the molecule is COC(=O)C(N)c1ccc(F)c(Br)c1. The number of hydrogen-bond acceptors (Lipinski definition) is 3. The van der Waals surface area contributed by atoms with Crippen LogP contribution in [0.3, 0.4) is 0 Å². The summed E-state index contributed by atoms with van der Waals surface area (Å²) >= 11 is 3.00. The van der Waals surface area contributed by atoms with Crippen molar-refractivity contribution >= 4 is 21.9 Å². The Labute approximate surface area is 89.2 Å². The molecule has 1 rings (SSSR count). The van der Waals surface area contributed by atoms with E-state index in [1.807, 2.05) is 0 Å². The van der Waals surface area contributed by atoms with Crippen molar-refractivity contribution in [2.24, 2.45) is 5.73 Å². The number of ether oxygens (including phenoxy) is 1. The van der Waals surface area contributed by atoms with Crippen LogP contribution in [0.2, 0.25) is 0 Å². The molecule has 0 aliphatic heterocycles. The summed E-state index contributed by atoms with van der Waals surface area (Å²) in [5, 5.41) is 0. The van der Waals surface area contributed by atoms with Crippen LogP contribution in [-0.2, 0) is 9.53 Å². The minimum Gasteiger partial charge on any atom is -0.468 e. The Hall–Kier alpha value is -0.940. The maximum atomic E-state index is 12.8. The summed E-state index contributed by atoms with van der Waals surface area (Å²) in [6.45, 7) is 0. The average Bonchev–Trinajstić information content (AvgIpc) is 2.20. The predicted octanol–water partition coefficient (Wildman–Crippen LogP) is 1.76. The number of hydrogen-bond donors (Lipinski definition) is 1.